The van der Waals surface area contributed by atoms with E-state index in [0.717, 1.165) is 5.69 Å². The Morgan fingerprint density at radius 2 is 1.85 bits per heavy atom. The molecule has 1 aromatic rings. The molecule has 0 amide bonds. The topological polar surface area (TPSA) is 51.8 Å². The summed E-state index contributed by atoms with van der Waals surface area (Å²) in [6.07, 6.45) is 0. The molecule has 0 radical (unpaired) electrons. The standard InChI is InChI=1S/C9H10N4/c1-13(2)12-11-9-5-3-8(7-10)4-6-9/h3-6H,1-2H3. The molecule has 0 aromatic heterocycles. The van der Waals surface area contributed by atoms with Gasteiger partial charge in [-0.25, -0.2) is 0 Å². The highest BCUT2D eigenvalue weighted by Crippen LogP contribution is 2.12. The van der Waals surface area contributed by atoms with Crippen molar-refractivity contribution in [3.63, 3.8) is 0 Å². The average molecular weight is 174 g/mol. The zero-order valence-electron chi connectivity index (χ0n) is 7.60. The molecule has 66 valence electrons. The minimum atomic E-state index is 0.629. The molecule has 0 spiro atoms. The number of hydrogen-bond acceptors (Lipinski definition) is 3. The lowest BCUT2D eigenvalue weighted by molar-refractivity contribution is 0.408. The first-order chi connectivity index (χ1) is 6.22. The van der Waals surface area contributed by atoms with Gasteiger partial charge in [-0.15, -0.1) is 5.11 Å². The number of benzene rings is 1. The van der Waals surface area contributed by atoms with Gasteiger partial charge in [0.05, 0.1) is 17.3 Å². The Bertz CT molecular complexity index is 332. The quantitative estimate of drug-likeness (QED) is 0.509. The third kappa shape index (κ3) is 2.91. The van der Waals surface area contributed by atoms with E-state index < -0.39 is 0 Å². The molecule has 1 rings (SSSR count). The van der Waals surface area contributed by atoms with E-state index in [2.05, 4.69) is 10.3 Å². The molecule has 4 heteroatoms. The Balaban J connectivity index is 2.76. The van der Waals surface area contributed by atoms with Crippen LogP contribution in [0.25, 0.3) is 0 Å². The SMILES string of the molecule is CN(C)N=Nc1ccc(C#N)cc1. The lowest BCUT2D eigenvalue weighted by Gasteiger charge is -1.99. The first-order valence-corrected chi connectivity index (χ1v) is 3.81. The fourth-order valence-corrected chi connectivity index (χ4v) is 0.744. The smallest absolute Gasteiger partial charge is 0.0991 e. The average Bonchev–Trinajstić information content (AvgIpc) is 2.15. The van der Waals surface area contributed by atoms with Crippen LogP contribution in [0.4, 0.5) is 5.69 Å². The Morgan fingerprint density at radius 3 is 2.31 bits per heavy atom. The van der Waals surface area contributed by atoms with Crippen LogP contribution in [0.2, 0.25) is 0 Å². The maximum Gasteiger partial charge on any atom is 0.0991 e. The molecule has 0 atom stereocenters. The van der Waals surface area contributed by atoms with Crippen molar-refractivity contribution in [2.24, 2.45) is 10.3 Å². The molecule has 1 aromatic carbocycles. The van der Waals surface area contributed by atoms with Gasteiger partial charge in [0.2, 0.25) is 0 Å². The van der Waals surface area contributed by atoms with Crippen LogP contribution >= 0.6 is 0 Å². The van der Waals surface area contributed by atoms with Crippen LogP contribution in [-0.4, -0.2) is 19.1 Å². The normalized spacial score (nSPS) is 9.92. The molecule has 0 saturated carbocycles. The van der Waals surface area contributed by atoms with Crippen LogP contribution in [0, 0.1) is 11.3 Å². The van der Waals surface area contributed by atoms with Crippen molar-refractivity contribution in [1.82, 2.24) is 5.01 Å². The van der Waals surface area contributed by atoms with E-state index >= 15 is 0 Å². The maximum absolute atomic E-state index is 8.53. The Morgan fingerprint density at radius 1 is 1.23 bits per heavy atom. The predicted octanol–water partition coefficient (Wildman–Crippen LogP) is 2.12. The van der Waals surface area contributed by atoms with Crippen LogP contribution in [0.15, 0.2) is 34.6 Å². The van der Waals surface area contributed by atoms with Gasteiger partial charge >= 0.3 is 0 Å². The van der Waals surface area contributed by atoms with E-state index in [0.29, 0.717) is 5.56 Å². The van der Waals surface area contributed by atoms with Gasteiger partial charge in [-0.05, 0) is 24.3 Å². The molecule has 0 unspecified atom stereocenters. The van der Waals surface area contributed by atoms with E-state index in [4.69, 9.17) is 5.26 Å². The molecule has 4 nitrogen and oxygen atoms in total. The van der Waals surface area contributed by atoms with E-state index in [-0.39, 0.29) is 0 Å². The highest BCUT2D eigenvalue weighted by molar-refractivity contribution is 5.41. The summed E-state index contributed by atoms with van der Waals surface area (Å²) in [6.45, 7) is 0. The summed E-state index contributed by atoms with van der Waals surface area (Å²) in [5, 5.41) is 17.9. The van der Waals surface area contributed by atoms with Gasteiger partial charge in [0.25, 0.3) is 0 Å². The minimum absolute atomic E-state index is 0.629. The van der Waals surface area contributed by atoms with E-state index in [1.54, 1.807) is 43.4 Å². The van der Waals surface area contributed by atoms with Crippen LogP contribution in [0.5, 0.6) is 0 Å². The maximum atomic E-state index is 8.53. The monoisotopic (exact) mass is 174 g/mol. The van der Waals surface area contributed by atoms with Gasteiger partial charge in [0.1, 0.15) is 0 Å². The fourth-order valence-electron chi connectivity index (χ4n) is 0.744. The van der Waals surface area contributed by atoms with Crippen molar-refractivity contribution in [3.05, 3.63) is 29.8 Å². The summed E-state index contributed by atoms with van der Waals surface area (Å²) < 4.78 is 0. The number of rotatable bonds is 2. The van der Waals surface area contributed by atoms with Crippen LogP contribution in [0.3, 0.4) is 0 Å². The number of nitriles is 1. The van der Waals surface area contributed by atoms with Crippen LogP contribution in [-0.2, 0) is 0 Å². The highest BCUT2D eigenvalue weighted by Gasteiger charge is 1.90. The highest BCUT2D eigenvalue weighted by atomic mass is 15.5. The first-order valence-electron chi connectivity index (χ1n) is 3.81. The Kier molecular flexibility index (Phi) is 2.98. The second-order valence-corrected chi connectivity index (χ2v) is 2.70. The van der Waals surface area contributed by atoms with Crippen molar-refractivity contribution < 1.29 is 0 Å². The van der Waals surface area contributed by atoms with E-state index in [1.807, 2.05) is 6.07 Å². The lowest BCUT2D eigenvalue weighted by atomic mass is 10.2. The minimum Gasteiger partial charge on any atom is -0.285 e. The Hall–Kier alpha value is -1.89. The molecular formula is C9H10N4. The second-order valence-electron chi connectivity index (χ2n) is 2.70. The van der Waals surface area contributed by atoms with Gasteiger partial charge in [0, 0.05) is 14.1 Å². The zero-order chi connectivity index (χ0) is 9.68. The van der Waals surface area contributed by atoms with Crippen LogP contribution < -0.4 is 0 Å². The zero-order valence-corrected chi connectivity index (χ0v) is 7.60. The van der Waals surface area contributed by atoms with Crippen molar-refractivity contribution in [2.45, 2.75) is 0 Å². The fraction of sp³-hybridized carbons (Fsp3) is 0.222. The number of hydrogen-bond donors (Lipinski definition) is 0. The molecule has 0 heterocycles. The van der Waals surface area contributed by atoms with Gasteiger partial charge in [-0.3, -0.25) is 5.01 Å². The predicted molar refractivity (Wildman–Crippen MR) is 49.4 cm³/mol. The lowest BCUT2D eigenvalue weighted by Crippen LogP contribution is -1.98. The molecule has 0 saturated heterocycles. The van der Waals surface area contributed by atoms with Gasteiger partial charge in [-0.1, -0.05) is 5.22 Å². The third-order valence-electron chi connectivity index (χ3n) is 1.34. The number of nitrogens with zero attached hydrogens (tertiary/aromatic N) is 4. The van der Waals surface area contributed by atoms with Crippen molar-refractivity contribution in [1.29, 1.82) is 5.26 Å². The second kappa shape index (κ2) is 4.21. The third-order valence-corrected chi connectivity index (χ3v) is 1.34. The summed E-state index contributed by atoms with van der Waals surface area (Å²) >= 11 is 0. The van der Waals surface area contributed by atoms with Crippen LogP contribution in [0.1, 0.15) is 5.56 Å². The summed E-state index contributed by atoms with van der Waals surface area (Å²) in [4.78, 5) is 0. The van der Waals surface area contributed by atoms with Gasteiger partial charge in [-0.2, -0.15) is 5.26 Å². The van der Waals surface area contributed by atoms with E-state index in [9.17, 15) is 0 Å². The summed E-state index contributed by atoms with van der Waals surface area (Å²) in [6, 6.07) is 8.97. The Labute approximate surface area is 77.1 Å². The van der Waals surface area contributed by atoms with Gasteiger partial charge in [0.15, 0.2) is 0 Å². The molecule has 0 aliphatic carbocycles. The van der Waals surface area contributed by atoms with Crippen molar-refractivity contribution >= 4 is 5.69 Å². The first kappa shape index (κ1) is 9.20. The molecule has 13 heavy (non-hydrogen) atoms. The molecule has 0 bridgehead atoms. The van der Waals surface area contributed by atoms with Gasteiger partial charge < -0.3 is 0 Å². The summed E-state index contributed by atoms with van der Waals surface area (Å²) in [5.41, 5.74) is 1.37. The molecule has 0 aliphatic heterocycles. The van der Waals surface area contributed by atoms with E-state index in [1.165, 1.54) is 0 Å². The summed E-state index contributed by atoms with van der Waals surface area (Å²) in [5.74, 6) is 0. The van der Waals surface area contributed by atoms with Crippen molar-refractivity contribution in [2.75, 3.05) is 14.1 Å². The molecule has 0 aliphatic rings. The largest absolute Gasteiger partial charge is 0.285 e. The molecular weight excluding hydrogens is 164 g/mol. The molecule has 0 N–H and O–H groups in total. The summed E-state index contributed by atoms with van der Waals surface area (Å²) in [7, 11) is 3.60. The van der Waals surface area contributed by atoms with Crippen molar-refractivity contribution in [3.8, 4) is 6.07 Å². The molecule has 0 fully saturated rings.